The van der Waals surface area contributed by atoms with Gasteiger partial charge in [-0.05, 0) is 31.4 Å². The molecular weight excluding hydrogens is 442 g/mol. The number of carbonyl (C=O) groups excluding carboxylic acids is 3. The molecule has 1 aliphatic heterocycles. The van der Waals surface area contributed by atoms with Crippen molar-refractivity contribution in [3.63, 3.8) is 0 Å². The molecule has 0 bridgehead atoms. The van der Waals surface area contributed by atoms with E-state index in [1.165, 1.54) is 6.08 Å². The van der Waals surface area contributed by atoms with Crippen molar-refractivity contribution in [2.75, 3.05) is 25.4 Å². The molecular formula is C24H25N3O5S. The number of carbonyl (C=O) groups is 3. The minimum Gasteiger partial charge on any atom is -0.462 e. The minimum atomic E-state index is -0.600. The van der Waals surface area contributed by atoms with Gasteiger partial charge in [-0.1, -0.05) is 30.3 Å². The van der Waals surface area contributed by atoms with Crippen LogP contribution in [0.1, 0.15) is 46.1 Å². The lowest BCUT2D eigenvalue weighted by Crippen LogP contribution is -2.39. The fraction of sp³-hybridized carbons (Fsp3) is 0.333. The molecule has 0 unspecified atom stereocenters. The number of hydrogen-bond donors (Lipinski definition) is 1. The smallest absolute Gasteiger partial charge is 0.348 e. The van der Waals surface area contributed by atoms with E-state index in [2.05, 4.69) is 0 Å². The molecule has 1 amide bonds. The third kappa shape index (κ3) is 5.99. The first-order valence-corrected chi connectivity index (χ1v) is 11.4. The standard InChI is InChI=1S/C24H25N3O5S/c1-2-31-24(30)21-19(18(14-25)22(26)33-21)15-32-23(29)17-10-12-27(13-11-17)20(28)9-8-16-6-4-3-5-7-16/h3-9,17H,2,10-13,15,26H2,1H3/b9-8+. The Morgan fingerprint density at radius 1 is 1.21 bits per heavy atom. The molecule has 33 heavy (non-hydrogen) atoms. The van der Waals surface area contributed by atoms with Crippen LogP contribution in [0, 0.1) is 17.2 Å². The summed E-state index contributed by atoms with van der Waals surface area (Å²) in [5.41, 5.74) is 7.18. The number of esters is 2. The van der Waals surface area contributed by atoms with Crippen LogP contribution in [-0.4, -0.2) is 42.4 Å². The van der Waals surface area contributed by atoms with Gasteiger partial charge in [-0.3, -0.25) is 9.59 Å². The van der Waals surface area contributed by atoms with Gasteiger partial charge in [0.25, 0.3) is 0 Å². The van der Waals surface area contributed by atoms with Crippen LogP contribution in [0.5, 0.6) is 0 Å². The maximum Gasteiger partial charge on any atom is 0.348 e. The maximum absolute atomic E-state index is 12.6. The van der Waals surface area contributed by atoms with E-state index < -0.39 is 11.9 Å². The van der Waals surface area contributed by atoms with Crippen molar-refractivity contribution in [1.82, 2.24) is 4.90 Å². The van der Waals surface area contributed by atoms with E-state index >= 15 is 0 Å². The number of nitriles is 1. The van der Waals surface area contributed by atoms with Crippen molar-refractivity contribution < 1.29 is 23.9 Å². The predicted octanol–water partition coefficient (Wildman–Crippen LogP) is 3.37. The Kier molecular flexibility index (Phi) is 8.22. The third-order valence-electron chi connectivity index (χ3n) is 5.32. The predicted molar refractivity (Wildman–Crippen MR) is 124 cm³/mol. The van der Waals surface area contributed by atoms with Gasteiger partial charge in [0.2, 0.25) is 5.91 Å². The maximum atomic E-state index is 12.6. The first-order chi connectivity index (χ1) is 15.9. The van der Waals surface area contributed by atoms with Crippen LogP contribution in [0.15, 0.2) is 36.4 Å². The van der Waals surface area contributed by atoms with E-state index in [-0.39, 0.29) is 46.0 Å². The Morgan fingerprint density at radius 3 is 2.55 bits per heavy atom. The topological polar surface area (TPSA) is 123 Å². The summed E-state index contributed by atoms with van der Waals surface area (Å²) in [6, 6.07) is 11.5. The molecule has 1 aliphatic rings. The normalized spacial score (nSPS) is 14.1. The van der Waals surface area contributed by atoms with Gasteiger partial charge in [-0.2, -0.15) is 5.26 Å². The van der Waals surface area contributed by atoms with Gasteiger partial charge in [-0.15, -0.1) is 11.3 Å². The molecule has 2 aromatic rings. The Hall–Kier alpha value is -3.64. The number of anilines is 1. The number of nitrogens with zero attached hydrogens (tertiary/aromatic N) is 2. The molecule has 0 spiro atoms. The summed E-state index contributed by atoms with van der Waals surface area (Å²) in [7, 11) is 0. The molecule has 0 aliphatic carbocycles. The second-order valence-electron chi connectivity index (χ2n) is 7.43. The monoisotopic (exact) mass is 467 g/mol. The lowest BCUT2D eigenvalue weighted by Gasteiger charge is -2.30. The van der Waals surface area contributed by atoms with Crippen LogP contribution in [0.25, 0.3) is 6.08 Å². The molecule has 1 aromatic heterocycles. The van der Waals surface area contributed by atoms with Gasteiger partial charge in [0.15, 0.2) is 0 Å². The van der Waals surface area contributed by atoms with Crippen LogP contribution >= 0.6 is 11.3 Å². The van der Waals surface area contributed by atoms with E-state index in [4.69, 9.17) is 15.2 Å². The highest BCUT2D eigenvalue weighted by atomic mass is 32.1. The van der Waals surface area contributed by atoms with Gasteiger partial charge in [0.05, 0.1) is 18.1 Å². The largest absolute Gasteiger partial charge is 0.462 e. The Bertz CT molecular complexity index is 1080. The SMILES string of the molecule is CCOC(=O)c1sc(N)c(C#N)c1COC(=O)C1CCN(C(=O)/C=C/c2ccccc2)CC1. The van der Waals surface area contributed by atoms with Crippen molar-refractivity contribution in [2.45, 2.75) is 26.4 Å². The van der Waals surface area contributed by atoms with E-state index in [1.807, 2.05) is 36.4 Å². The lowest BCUT2D eigenvalue weighted by molar-refractivity contribution is -0.152. The summed E-state index contributed by atoms with van der Waals surface area (Å²) >= 11 is 0.946. The first-order valence-electron chi connectivity index (χ1n) is 10.6. The number of thiophene rings is 1. The fourth-order valence-corrected chi connectivity index (χ4v) is 4.46. The van der Waals surface area contributed by atoms with E-state index in [9.17, 15) is 19.6 Å². The van der Waals surface area contributed by atoms with Crippen LogP contribution in [0.4, 0.5) is 5.00 Å². The zero-order valence-corrected chi connectivity index (χ0v) is 19.1. The van der Waals surface area contributed by atoms with Crippen LogP contribution in [0.2, 0.25) is 0 Å². The highest BCUT2D eigenvalue weighted by Crippen LogP contribution is 2.32. The number of hydrogen-bond acceptors (Lipinski definition) is 8. The number of nitrogens with two attached hydrogens (primary N) is 1. The average Bonchev–Trinajstić information content (AvgIpc) is 3.17. The molecule has 2 heterocycles. The summed E-state index contributed by atoms with van der Waals surface area (Å²) in [5, 5.41) is 9.56. The molecule has 9 heteroatoms. The third-order valence-corrected chi connectivity index (χ3v) is 6.36. The molecule has 8 nitrogen and oxygen atoms in total. The molecule has 0 radical (unpaired) electrons. The molecule has 3 rings (SSSR count). The molecule has 0 saturated carbocycles. The number of benzene rings is 1. The summed E-state index contributed by atoms with van der Waals surface area (Å²) in [5.74, 6) is -1.49. The molecule has 1 aromatic carbocycles. The Morgan fingerprint density at radius 2 is 1.91 bits per heavy atom. The zero-order chi connectivity index (χ0) is 23.8. The molecule has 0 atom stereocenters. The number of likely N-dealkylation sites (tertiary alicyclic amines) is 1. The Labute approximate surface area is 196 Å². The summed E-state index contributed by atoms with van der Waals surface area (Å²) in [4.78, 5) is 39.1. The molecule has 2 N–H and O–H groups in total. The number of nitrogen functional groups attached to an aromatic ring is 1. The zero-order valence-electron chi connectivity index (χ0n) is 18.3. The number of rotatable bonds is 7. The summed E-state index contributed by atoms with van der Waals surface area (Å²) < 4.78 is 10.4. The Balaban J connectivity index is 1.55. The number of piperidine rings is 1. The quantitative estimate of drug-likeness (QED) is 0.489. The van der Waals surface area contributed by atoms with Crippen LogP contribution in [0.3, 0.4) is 0 Å². The van der Waals surface area contributed by atoms with Crippen molar-refractivity contribution in [3.05, 3.63) is 58.0 Å². The van der Waals surface area contributed by atoms with E-state index in [0.717, 1.165) is 16.9 Å². The molecule has 1 fully saturated rings. The van der Waals surface area contributed by atoms with Gasteiger partial charge < -0.3 is 20.1 Å². The van der Waals surface area contributed by atoms with Crippen molar-refractivity contribution in [3.8, 4) is 6.07 Å². The van der Waals surface area contributed by atoms with Crippen molar-refractivity contribution in [1.29, 1.82) is 5.26 Å². The van der Waals surface area contributed by atoms with E-state index in [1.54, 1.807) is 17.9 Å². The van der Waals surface area contributed by atoms with Gasteiger partial charge in [0.1, 0.15) is 22.6 Å². The van der Waals surface area contributed by atoms with Gasteiger partial charge >= 0.3 is 11.9 Å². The fourth-order valence-electron chi connectivity index (χ4n) is 3.54. The molecule has 172 valence electrons. The highest BCUT2D eigenvalue weighted by Gasteiger charge is 2.29. The minimum absolute atomic E-state index is 0.0999. The lowest BCUT2D eigenvalue weighted by atomic mass is 9.97. The van der Waals surface area contributed by atoms with Crippen molar-refractivity contribution in [2.24, 2.45) is 5.92 Å². The van der Waals surface area contributed by atoms with E-state index in [0.29, 0.717) is 25.9 Å². The van der Waals surface area contributed by atoms with Crippen molar-refractivity contribution >= 4 is 40.3 Å². The van der Waals surface area contributed by atoms with Gasteiger partial charge in [-0.25, -0.2) is 4.79 Å². The summed E-state index contributed by atoms with van der Waals surface area (Å²) in [6.45, 7) is 2.51. The number of ether oxygens (including phenoxy) is 2. The number of amides is 1. The molecule has 1 saturated heterocycles. The second-order valence-corrected chi connectivity index (χ2v) is 8.48. The average molecular weight is 468 g/mol. The first kappa shape index (κ1) is 24.0. The highest BCUT2D eigenvalue weighted by molar-refractivity contribution is 7.18. The van der Waals surface area contributed by atoms with Crippen LogP contribution < -0.4 is 5.73 Å². The van der Waals surface area contributed by atoms with Gasteiger partial charge in [0, 0.05) is 24.7 Å². The van der Waals surface area contributed by atoms with Crippen LogP contribution in [-0.2, 0) is 25.7 Å². The second kappa shape index (κ2) is 11.3. The summed E-state index contributed by atoms with van der Waals surface area (Å²) in [6.07, 6.45) is 4.26.